The summed E-state index contributed by atoms with van der Waals surface area (Å²) in [6.07, 6.45) is 1.36. The molecule has 1 aliphatic heterocycles. The molecule has 0 radical (unpaired) electrons. The molecule has 0 spiro atoms. The molecule has 0 atom stereocenters. The van der Waals surface area contributed by atoms with E-state index in [-0.39, 0.29) is 0 Å². The van der Waals surface area contributed by atoms with Crippen LogP contribution in [-0.2, 0) is 4.74 Å². The SMILES string of the molecule is Cc1ccc(N)cc1NCC1(O)CCOCC1. The summed E-state index contributed by atoms with van der Waals surface area (Å²) < 4.78 is 5.25. The van der Waals surface area contributed by atoms with Crippen LogP contribution in [0, 0.1) is 6.92 Å². The van der Waals surface area contributed by atoms with Crippen molar-refractivity contribution in [3.05, 3.63) is 23.8 Å². The van der Waals surface area contributed by atoms with Gasteiger partial charge in [-0.3, -0.25) is 0 Å². The van der Waals surface area contributed by atoms with Gasteiger partial charge in [0.15, 0.2) is 0 Å². The van der Waals surface area contributed by atoms with E-state index in [1.54, 1.807) is 0 Å². The number of rotatable bonds is 3. The molecule has 4 nitrogen and oxygen atoms in total. The Bertz CT molecular complexity index is 387. The summed E-state index contributed by atoms with van der Waals surface area (Å²) in [5.74, 6) is 0. The van der Waals surface area contributed by atoms with Gasteiger partial charge in [0, 0.05) is 44.0 Å². The fourth-order valence-electron chi connectivity index (χ4n) is 2.02. The number of anilines is 2. The summed E-state index contributed by atoms with van der Waals surface area (Å²) in [4.78, 5) is 0. The van der Waals surface area contributed by atoms with Gasteiger partial charge in [-0.1, -0.05) is 6.07 Å². The van der Waals surface area contributed by atoms with Gasteiger partial charge >= 0.3 is 0 Å². The lowest BCUT2D eigenvalue weighted by atomic mass is 9.94. The Balaban J connectivity index is 1.99. The zero-order valence-electron chi connectivity index (χ0n) is 10.2. The van der Waals surface area contributed by atoms with E-state index in [2.05, 4.69) is 5.32 Å². The molecule has 1 aromatic rings. The fraction of sp³-hybridized carbons (Fsp3) is 0.538. The van der Waals surface area contributed by atoms with E-state index in [4.69, 9.17) is 10.5 Å². The van der Waals surface area contributed by atoms with Gasteiger partial charge in [0.05, 0.1) is 5.60 Å². The first-order chi connectivity index (χ1) is 8.09. The molecule has 0 amide bonds. The minimum absolute atomic E-state index is 0.542. The molecule has 4 N–H and O–H groups in total. The molecular formula is C13H20N2O2. The van der Waals surface area contributed by atoms with Gasteiger partial charge in [-0.15, -0.1) is 0 Å². The molecule has 1 saturated heterocycles. The number of aliphatic hydroxyl groups is 1. The Kier molecular flexibility index (Phi) is 3.54. The minimum Gasteiger partial charge on any atom is -0.399 e. The van der Waals surface area contributed by atoms with E-state index in [0.717, 1.165) is 16.9 Å². The number of nitrogen functional groups attached to an aromatic ring is 1. The fourth-order valence-corrected chi connectivity index (χ4v) is 2.02. The first-order valence-corrected chi connectivity index (χ1v) is 5.99. The number of nitrogens with one attached hydrogen (secondary N) is 1. The van der Waals surface area contributed by atoms with Crippen LogP contribution in [0.3, 0.4) is 0 Å². The van der Waals surface area contributed by atoms with E-state index in [1.165, 1.54) is 0 Å². The van der Waals surface area contributed by atoms with Gasteiger partial charge in [-0.25, -0.2) is 0 Å². The third-order valence-corrected chi connectivity index (χ3v) is 3.29. The standard InChI is InChI=1S/C13H20N2O2/c1-10-2-3-11(14)8-12(10)15-9-13(16)4-6-17-7-5-13/h2-3,8,15-16H,4-7,9,14H2,1H3. The number of ether oxygens (including phenoxy) is 1. The maximum Gasteiger partial charge on any atom is 0.0863 e. The van der Waals surface area contributed by atoms with Crippen molar-refractivity contribution in [3.63, 3.8) is 0 Å². The number of benzene rings is 1. The van der Waals surface area contributed by atoms with Crippen LogP contribution in [0.5, 0.6) is 0 Å². The van der Waals surface area contributed by atoms with Gasteiger partial charge in [-0.05, 0) is 24.6 Å². The highest BCUT2D eigenvalue weighted by molar-refractivity contribution is 5.59. The van der Waals surface area contributed by atoms with Crippen molar-refractivity contribution < 1.29 is 9.84 Å². The highest BCUT2D eigenvalue weighted by atomic mass is 16.5. The molecule has 1 aliphatic rings. The lowest BCUT2D eigenvalue weighted by molar-refractivity contribution is -0.0543. The monoisotopic (exact) mass is 236 g/mol. The molecule has 1 aromatic carbocycles. The van der Waals surface area contributed by atoms with E-state index in [1.807, 2.05) is 25.1 Å². The third-order valence-electron chi connectivity index (χ3n) is 3.29. The predicted molar refractivity (Wildman–Crippen MR) is 69.1 cm³/mol. The second-order valence-corrected chi connectivity index (χ2v) is 4.76. The van der Waals surface area contributed by atoms with Gasteiger partial charge in [0.25, 0.3) is 0 Å². The maximum atomic E-state index is 10.3. The van der Waals surface area contributed by atoms with Crippen molar-refractivity contribution in [2.75, 3.05) is 30.8 Å². The largest absolute Gasteiger partial charge is 0.399 e. The first-order valence-electron chi connectivity index (χ1n) is 5.99. The lowest BCUT2D eigenvalue weighted by Gasteiger charge is -2.32. The Morgan fingerprint density at radius 1 is 1.41 bits per heavy atom. The van der Waals surface area contributed by atoms with Gasteiger partial charge in [0.1, 0.15) is 0 Å². The van der Waals surface area contributed by atoms with E-state index >= 15 is 0 Å². The number of hydrogen-bond donors (Lipinski definition) is 3. The van der Waals surface area contributed by atoms with E-state index in [0.29, 0.717) is 32.6 Å². The molecule has 0 saturated carbocycles. The normalized spacial score (nSPS) is 18.9. The highest BCUT2D eigenvalue weighted by Crippen LogP contribution is 2.23. The van der Waals surface area contributed by atoms with Crippen molar-refractivity contribution in [3.8, 4) is 0 Å². The van der Waals surface area contributed by atoms with Crippen molar-refractivity contribution in [1.82, 2.24) is 0 Å². The zero-order chi connectivity index (χ0) is 12.3. The Hall–Kier alpha value is -1.26. The van der Waals surface area contributed by atoms with Crippen LogP contribution >= 0.6 is 0 Å². The summed E-state index contributed by atoms with van der Waals surface area (Å²) in [5.41, 5.74) is 7.95. The molecule has 17 heavy (non-hydrogen) atoms. The second-order valence-electron chi connectivity index (χ2n) is 4.76. The molecule has 0 bridgehead atoms. The minimum atomic E-state index is -0.657. The topological polar surface area (TPSA) is 67.5 Å². The van der Waals surface area contributed by atoms with Crippen LogP contribution in [0.1, 0.15) is 18.4 Å². The molecule has 4 heteroatoms. The maximum absolute atomic E-state index is 10.3. The van der Waals surface area contributed by atoms with Crippen molar-refractivity contribution in [2.24, 2.45) is 0 Å². The number of aryl methyl sites for hydroxylation is 1. The van der Waals surface area contributed by atoms with Crippen LogP contribution < -0.4 is 11.1 Å². The van der Waals surface area contributed by atoms with Crippen LogP contribution in [0.15, 0.2) is 18.2 Å². The molecule has 94 valence electrons. The van der Waals surface area contributed by atoms with Crippen LogP contribution in [0.2, 0.25) is 0 Å². The quantitative estimate of drug-likeness (QED) is 0.696. The molecule has 0 unspecified atom stereocenters. The summed E-state index contributed by atoms with van der Waals surface area (Å²) in [7, 11) is 0. The Morgan fingerprint density at radius 3 is 2.82 bits per heavy atom. The van der Waals surface area contributed by atoms with Crippen LogP contribution in [0.4, 0.5) is 11.4 Å². The van der Waals surface area contributed by atoms with Crippen LogP contribution in [0.25, 0.3) is 0 Å². The smallest absolute Gasteiger partial charge is 0.0863 e. The molecule has 1 heterocycles. The Labute approximate surface area is 102 Å². The zero-order valence-corrected chi connectivity index (χ0v) is 10.2. The lowest BCUT2D eigenvalue weighted by Crippen LogP contribution is -2.42. The molecule has 1 fully saturated rings. The summed E-state index contributed by atoms with van der Waals surface area (Å²) >= 11 is 0. The van der Waals surface area contributed by atoms with Crippen molar-refractivity contribution in [2.45, 2.75) is 25.4 Å². The second kappa shape index (κ2) is 4.94. The van der Waals surface area contributed by atoms with Gasteiger partial charge < -0.3 is 20.9 Å². The van der Waals surface area contributed by atoms with Gasteiger partial charge in [0.2, 0.25) is 0 Å². The molecule has 2 rings (SSSR count). The molecule has 0 aliphatic carbocycles. The van der Waals surface area contributed by atoms with E-state index in [9.17, 15) is 5.11 Å². The highest BCUT2D eigenvalue weighted by Gasteiger charge is 2.29. The molecule has 0 aromatic heterocycles. The summed E-state index contributed by atoms with van der Waals surface area (Å²) in [6.45, 7) is 3.83. The van der Waals surface area contributed by atoms with Gasteiger partial charge in [-0.2, -0.15) is 0 Å². The number of hydrogen-bond acceptors (Lipinski definition) is 4. The summed E-state index contributed by atoms with van der Waals surface area (Å²) in [6, 6.07) is 5.76. The first kappa shape index (κ1) is 12.2. The summed E-state index contributed by atoms with van der Waals surface area (Å²) in [5, 5.41) is 13.6. The van der Waals surface area contributed by atoms with Crippen LogP contribution in [-0.4, -0.2) is 30.5 Å². The molecular weight excluding hydrogens is 216 g/mol. The third kappa shape index (κ3) is 3.11. The number of nitrogens with two attached hydrogens (primary N) is 1. The Morgan fingerprint density at radius 2 is 2.12 bits per heavy atom. The predicted octanol–water partition coefficient (Wildman–Crippen LogP) is 1.53. The van der Waals surface area contributed by atoms with Crippen molar-refractivity contribution in [1.29, 1.82) is 0 Å². The van der Waals surface area contributed by atoms with E-state index < -0.39 is 5.60 Å². The van der Waals surface area contributed by atoms with Crippen molar-refractivity contribution >= 4 is 11.4 Å². The average molecular weight is 236 g/mol. The average Bonchev–Trinajstić information content (AvgIpc) is 2.31.